The number of aromatic nitrogens is 1. The molecule has 178 valence electrons. The molecule has 1 aromatic heterocycles. The molecule has 0 bridgehead atoms. The van der Waals surface area contributed by atoms with Crippen LogP contribution in [0.25, 0.3) is 12.2 Å². The highest BCUT2D eigenvalue weighted by Crippen LogP contribution is 2.41. The van der Waals surface area contributed by atoms with Crippen LogP contribution in [0.5, 0.6) is 0 Å². The normalized spacial score (nSPS) is 18.7. The zero-order valence-electron chi connectivity index (χ0n) is 19.3. The standard InChI is InChI=1S/C30H22Cl2N2OS/c31-23-15-14-21(25(32)18-23)17-26-29(35)34-28(20-10-5-2-6-11-20)24-13-7-12-22(27(24)33-30(34)36-26)16-19-8-3-1-4-9-19/h1-6,8-11,14-18,28H,7,12-13H2/b22-16-,26-17+. The van der Waals surface area contributed by atoms with Crippen LogP contribution in [0.4, 0.5) is 0 Å². The molecule has 0 N–H and O–H groups in total. The summed E-state index contributed by atoms with van der Waals surface area (Å²) in [7, 11) is 0. The van der Waals surface area contributed by atoms with Gasteiger partial charge in [-0.25, -0.2) is 4.99 Å². The van der Waals surface area contributed by atoms with Crippen molar-refractivity contribution in [3.05, 3.63) is 142 Å². The Morgan fingerprint density at radius 1 is 0.917 bits per heavy atom. The minimum absolute atomic E-state index is 0.0515. The lowest BCUT2D eigenvalue weighted by atomic mass is 9.84. The number of rotatable bonds is 3. The zero-order chi connectivity index (χ0) is 24.6. The Morgan fingerprint density at radius 2 is 1.67 bits per heavy atom. The lowest BCUT2D eigenvalue weighted by Crippen LogP contribution is -2.39. The van der Waals surface area contributed by atoms with E-state index in [4.69, 9.17) is 28.2 Å². The third-order valence-corrected chi connectivity index (χ3v) is 8.18. The van der Waals surface area contributed by atoms with Gasteiger partial charge in [-0.15, -0.1) is 0 Å². The number of halogens is 2. The minimum Gasteiger partial charge on any atom is -0.272 e. The minimum atomic E-state index is -0.181. The second-order valence-corrected chi connectivity index (χ2v) is 10.8. The Bertz CT molecular complexity index is 1700. The van der Waals surface area contributed by atoms with E-state index in [1.807, 2.05) is 41.0 Å². The smallest absolute Gasteiger partial charge is 0.271 e. The van der Waals surface area contributed by atoms with Gasteiger partial charge in [0.05, 0.1) is 16.3 Å². The van der Waals surface area contributed by atoms with E-state index in [1.54, 1.807) is 12.1 Å². The molecule has 1 atom stereocenters. The van der Waals surface area contributed by atoms with Crippen LogP contribution < -0.4 is 14.9 Å². The second-order valence-electron chi connectivity index (χ2n) is 8.97. The van der Waals surface area contributed by atoms with Crippen molar-refractivity contribution in [2.24, 2.45) is 4.99 Å². The SMILES string of the molecule is O=c1/c(=C\c2ccc(Cl)cc2Cl)sc2n1C(c1ccccc1)C1=C(N=2)/C(=C\c2ccccc2)CCC1. The van der Waals surface area contributed by atoms with Crippen molar-refractivity contribution in [1.29, 1.82) is 0 Å². The fourth-order valence-corrected chi connectivity index (χ4v) is 6.46. The molecule has 1 aliphatic carbocycles. The first-order chi connectivity index (χ1) is 17.6. The summed E-state index contributed by atoms with van der Waals surface area (Å²) in [5.74, 6) is 0. The monoisotopic (exact) mass is 528 g/mol. The Labute approximate surface area is 223 Å². The van der Waals surface area contributed by atoms with Crippen molar-refractivity contribution < 1.29 is 0 Å². The molecule has 6 heteroatoms. The number of fused-ring (bicyclic) bond motifs is 1. The van der Waals surface area contributed by atoms with Gasteiger partial charge in [-0.05, 0) is 71.4 Å². The molecule has 1 aliphatic heterocycles. The zero-order valence-corrected chi connectivity index (χ0v) is 21.7. The van der Waals surface area contributed by atoms with Crippen LogP contribution in [0.2, 0.25) is 10.0 Å². The van der Waals surface area contributed by atoms with Crippen molar-refractivity contribution in [1.82, 2.24) is 4.57 Å². The summed E-state index contributed by atoms with van der Waals surface area (Å²) < 4.78 is 2.47. The number of benzene rings is 3. The summed E-state index contributed by atoms with van der Waals surface area (Å²) >= 11 is 13.9. The van der Waals surface area contributed by atoms with Crippen LogP contribution in [0.1, 0.15) is 42.0 Å². The van der Waals surface area contributed by atoms with Gasteiger partial charge in [0, 0.05) is 10.0 Å². The molecule has 2 heterocycles. The average Bonchev–Trinajstić information content (AvgIpc) is 3.20. The van der Waals surface area contributed by atoms with E-state index in [0.29, 0.717) is 19.4 Å². The van der Waals surface area contributed by atoms with Crippen LogP contribution in [0, 0.1) is 0 Å². The van der Waals surface area contributed by atoms with Gasteiger partial charge in [-0.1, -0.05) is 101 Å². The van der Waals surface area contributed by atoms with Crippen LogP contribution in [-0.4, -0.2) is 4.57 Å². The molecule has 0 saturated heterocycles. The van der Waals surface area contributed by atoms with Crippen molar-refractivity contribution in [2.75, 3.05) is 0 Å². The van der Waals surface area contributed by atoms with E-state index in [0.717, 1.165) is 41.6 Å². The molecule has 2 aliphatic rings. The first kappa shape index (κ1) is 23.2. The molecule has 0 spiro atoms. The van der Waals surface area contributed by atoms with Crippen molar-refractivity contribution in [3.63, 3.8) is 0 Å². The fourth-order valence-electron chi connectivity index (χ4n) is 5.00. The number of nitrogens with zero attached hydrogens (tertiary/aromatic N) is 2. The van der Waals surface area contributed by atoms with Gasteiger partial charge in [0.1, 0.15) is 0 Å². The molecule has 0 fully saturated rings. The Hall–Kier alpha value is -3.18. The van der Waals surface area contributed by atoms with E-state index in [1.165, 1.54) is 22.5 Å². The molecule has 0 amide bonds. The van der Waals surface area contributed by atoms with E-state index >= 15 is 0 Å². The van der Waals surface area contributed by atoms with Gasteiger partial charge in [0.2, 0.25) is 0 Å². The Morgan fingerprint density at radius 3 is 2.42 bits per heavy atom. The lowest BCUT2D eigenvalue weighted by Gasteiger charge is -2.31. The first-order valence-corrected chi connectivity index (χ1v) is 13.5. The van der Waals surface area contributed by atoms with Crippen molar-refractivity contribution in [2.45, 2.75) is 25.3 Å². The second kappa shape index (κ2) is 9.70. The summed E-state index contributed by atoms with van der Waals surface area (Å²) in [5, 5.41) is 1.08. The van der Waals surface area contributed by atoms with Gasteiger partial charge in [0.15, 0.2) is 4.80 Å². The fraction of sp³-hybridized carbons (Fsp3) is 0.133. The highest BCUT2D eigenvalue weighted by Gasteiger charge is 2.32. The molecule has 6 rings (SSSR count). The topological polar surface area (TPSA) is 34.4 Å². The largest absolute Gasteiger partial charge is 0.272 e. The van der Waals surface area contributed by atoms with Crippen LogP contribution >= 0.6 is 34.5 Å². The first-order valence-electron chi connectivity index (χ1n) is 11.9. The Balaban J connectivity index is 1.59. The predicted octanol–water partition coefficient (Wildman–Crippen LogP) is 6.79. The van der Waals surface area contributed by atoms with Crippen molar-refractivity contribution >= 4 is 46.7 Å². The maximum absolute atomic E-state index is 13.8. The molecular weight excluding hydrogens is 507 g/mol. The van der Waals surface area contributed by atoms with E-state index in [9.17, 15) is 4.79 Å². The molecular formula is C30H22Cl2N2OS. The quantitative estimate of drug-likeness (QED) is 0.288. The van der Waals surface area contributed by atoms with E-state index in [-0.39, 0.29) is 11.6 Å². The van der Waals surface area contributed by atoms with E-state index < -0.39 is 0 Å². The van der Waals surface area contributed by atoms with Gasteiger partial charge in [0.25, 0.3) is 5.56 Å². The number of thiazole rings is 1. The van der Waals surface area contributed by atoms with Gasteiger partial charge in [-0.2, -0.15) is 0 Å². The molecule has 0 saturated carbocycles. The van der Waals surface area contributed by atoms with Gasteiger partial charge < -0.3 is 0 Å². The molecule has 3 aromatic carbocycles. The summed E-state index contributed by atoms with van der Waals surface area (Å²) in [6.45, 7) is 0. The van der Waals surface area contributed by atoms with E-state index in [2.05, 4.69) is 42.5 Å². The summed E-state index contributed by atoms with van der Waals surface area (Å²) in [6.07, 6.45) is 6.99. The van der Waals surface area contributed by atoms with Crippen LogP contribution in [0.3, 0.4) is 0 Å². The molecule has 3 nitrogen and oxygen atoms in total. The summed E-state index contributed by atoms with van der Waals surface area (Å²) in [6, 6.07) is 25.8. The summed E-state index contributed by atoms with van der Waals surface area (Å²) in [5.41, 5.74) is 6.42. The lowest BCUT2D eigenvalue weighted by molar-refractivity contribution is 0.553. The van der Waals surface area contributed by atoms with Crippen LogP contribution in [-0.2, 0) is 0 Å². The van der Waals surface area contributed by atoms with Crippen molar-refractivity contribution in [3.8, 4) is 0 Å². The average molecular weight is 529 g/mol. The highest BCUT2D eigenvalue weighted by atomic mass is 35.5. The third kappa shape index (κ3) is 4.30. The number of allylic oxidation sites excluding steroid dienone is 2. The molecule has 1 unspecified atom stereocenters. The predicted molar refractivity (Wildman–Crippen MR) is 149 cm³/mol. The van der Waals surface area contributed by atoms with Crippen LogP contribution in [0.15, 0.2) is 105 Å². The Kier molecular flexibility index (Phi) is 6.26. The maximum Gasteiger partial charge on any atom is 0.271 e. The third-order valence-electron chi connectivity index (χ3n) is 6.64. The number of hydrogen-bond acceptors (Lipinski definition) is 3. The maximum atomic E-state index is 13.8. The molecule has 4 aromatic rings. The molecule has 36 heavy (non-hydrogen) atoms. The van der Waals surface area contributed by atoms with Gasteiger partial charge >= 0.3 is 0 Å². The number of hydrogen-bond donors (Lipinski definition) is 0. The van der Waals surface area contributed by atoms with Gasteiger partial charge in [-0.3, -0.25) is 9.36 Å². The summed E-state index contributed by atoms with van der Waals surface area (Å²) in [4.78, 5) is 19.6. The highest BCUT2D eigenvalue weighted by molar-refractivity contribution is 7.07. The molecule has 0 radical (unpaired) electrons.